The number of hydrogen-bond donors (Lipinski definition) is 1. The van der Waals surface area contributed by atoms with Crippen molar-refractivity contribution in [3.63, 3.8) is 0 Å². The molecule has 2 rings (SSSR count). The van der Waals surface area contributed by atoms with Gasteiger partial charge in [0.2, 0.25) is 0 Å². The number of ether oxygens (including phenoxy) is 1. The Bertz CT molecular complexity index is 485. The molecule has 1 aliphatic heterocycles. The molecule has 2 heterocycles. The fraction of sp³-hybridized carbons (Fsp3) is 0.692. The highest BCUT2D eigenvalue weighted by Crippen LogP contribution is 2.13. The van der Waals surface area contributed by atoms with Crippen molar-refractivity contribution in [3.8, 4) is 0 Å². The van der Waals surface area contributed by atoms with Gasteiger partial charge in [-0.1, -0.05) is 0 Å². The van der Waals surface area contributed by atoms with Gasteiger partial charge in [-0.05, 0) is 20.8 Å². The van der Waals surface area contributed by atoms with Gasteiger partial charge in [0.1, 0.15) is 0 Å². The van der Waals surface area contributed by atoms with Crippen LogP contribution in [-0.2, 0) is 18.3 Å². The van der Waals surface area contributed by atoms with E-state index in [1.807, 2.05) is 18.7 Å². The minimum absolute atomic E-state index is 0. The molecular weight excluding hydrogens is 369 g/mol. The normalized spacial score (nSPS) is 19.9. The molecule has 20 heavy (non-hydrogen) atoms. The van der Waals surface area contributed by atoms with Gasteiger partial charge in [-0.2, -0.15) is 5.10 Å². The number of hydrogen-bond acceptors (Lipinski definition) is 3. The van der Waals surface area contributed by atoms with Crippen LogP contribution in [0.4, 0.5) is 0 Å². The number of nitrogens with zero attached hydrogens (tertiary/aromatic N) is 4. The van der Waals surface area contributed by atoms with Gasteiger partial charge in [0, 0.05) is 31.4 Å². The molecular formula is C13H24IN5O. The third-order valence-electron chi connectivity index (χ3n) is 3.62. The van der Waals surface area contributed by atoms with Crippen LogP contribution >= 0.6 is 24.0 Å². The maximum Gasteiger partial charge on any atom is 0.191 e. The van der Waals surface area contributed by atoms with Crippen LogP contribution in [0, 0.1) is 13.8 Å². The van der Waals surface area contributed by atoms with Gasteiger partial charge in [-0.3, -0.25) is 4.68 Å². The predicted molar refractivity (Wildman–Crippen MR) is 90.4 cm³/mol. The molecule has 0 aromatic carbocycles. The number of rotatable bonds is 2. The van der Waals surface area contributed by atoms with Crippen LogP contribution in [0.5, 0.6) is 0 Å². The van der Waals surface area contributed by atoms with Crippen molar-refractivity contribution in [2.24, 2.45) is 17.8 Å². The molecule has 0 radical (unpaired) electrons. The van der Waals surface area contributed by atoms with Crippen molar-refractivity contribution >= 4 is 29.9 Å². The number of morpholine rings is 1. The lowest BCUT2D eigenvalue weighted by molar-refractivity contribution is 0.00528. The van der Waals surface area contributed by atoms with Crippen LogP contribution in [0.1, 0.15) is 23.9 Å². The maximum absolute atomic E-state index is 6.06. The van der Waals surface area contributed by atoms with Crippen LogP contribution in [0.3, 0.4) is 0 Å². The quantitative estimate of drug-likeness (QED) is 0.466. The van der Waals surface area contributed by atoms with E-state index in [-0.39, 0.29) is 30.1 Å². The Morgan fingerprint density at radius 1 is 1.50 bits per heavy atom. The molecule has 114 valence electrons. The van der Waals surface area contributed by atoms with Gasteiger partial charge in [-0.15, -0.1) is 24.0 Å². The molecule has 0 saturated carbocycles. The highest BCUT2D eigenvalue weighted by molar-refractivity contribution is 14.0. The second-order valence-electron chi connectivity index (χ2n) is 5.07. The van der Waals surface area contributed by atoms with Crippen molar-refractivity contribution in [3.05, 3.63) is 17.0 Å². The average molecular weight is 393 g/mol. The van der Waals surface area contributed by atoms with E-state index in [0.29, 0.717) is 19.1 Å². The van der Waals surface area contributed by atoms with Crippen LogP contribution in [0.2, 0.25) is 0 Å². The van der Waals surface area contributed by atoms with Crippen molar-refractivity contribution in [1.82, 2.24) is 14.7 Å². The van der Waals surface area contributed by atoms with Gasteiger partial charge >= 0.3 is 0 Å². The molecule has 7 heteroatoms. The summed E-state index contributed by atoms with van der Waals surface area (Å²) < 4.78 is 7.38. The second-order valence-corrected chi connectivity index (χ2v) is 5.07. The molecule has 6 nitrogen and oxygen atoms in total. The van der Waals surface area contributed by atoms with Crippen LogP contribution < -0.4 is 5.73 Å². The Labute approximate surface area is 137 Å². The van der Waals surface area contributed by atoms with E-state index >= 15 is 0 Å². The summed E-state index contributed by atoms with van der Waals surface area (Å²) in [5, 5.41) is 4.39. The zero-order valence-electron chi connectivity index (χ0n) is 12.6. The second kappa shape index (κ2) is 7.26. The lowest BCUT2D eigenvalue weighted by Gasteiger charge is -2.31. The van der Waals surface area contributed by atoms with Gasteiger partial charge in [-0.25, -0.2) is 4.99 Å². The van der Waals surface area contributed by atoms with Gasteiger partial charge in [0.25, 0.3) is 0 Å². The van der Waals surface area contributed by atoms with Crippen LogP contribution in [0.25, 0.3) is 0 Å². The van der Waals surface area contributed by atoms with E-state index in [9.17, 15) is 0 Å². The zero-order valence-corrected chi connectivity index (χ0v) is 14.9. The average Bonchev–Trinajstić information content (AvgIpc) is 2.61. The van der Waals surface area contributed by atoms with E-state index in [2.05, 4.69) is 28.8 Å². The Morgan fingerprint density at radius 3 is 2.75 bits per heavy atom. The minimum atomic E-state index is 0. The smallest absolute Gasteiger partial charge is 0.191 e. The largest absolute Gasteiger partial charge is 0.375 e. The molecule has 0 bridgehead atoms. The predicted octanol–water partition coefficient (Wildman–Crippen LogP) is 1.19. The summed E-state index contributed by atoms with van der Waals surface area (Å²) in [7, 11) is 1.95. The molecule has 1 atom stereocenters. The number of guanidine groups is 1. The standard InChI is InChI=1S/C13H23N5O.HI/c1-9-8-18(5-6-19-9)13(14)15-7-12-10(2)16-17(4)11(12)3;/h9H,5-8H2,1-4H3,(H2,14,15);1H. The fourth-order valence-electron chi connectivity index (χ4n) is 2.33. The first-order valence-corrected chi connectivity index (χ1v) is 6.64. The molecule has 1 fully saturated rings. The number of aromatic nitrogens is 2. The van der Waals surface area contributed by atoms with Gasteiger partial charge in [0.15, 0.2) is 5.96 Å². The molecule has 1 aromatic rings. The Morgan fingerprint density at radius 2 is 2.20 bits per heavy atom. The highest BCUT2D eigenvalue weighted by Gasteiger charge is 2.18. The lowest BCUT2D eigenvalue weighted by Crippen LogP contribution is -2.47. The van der Waals surface area contributed by atoms with E-state index in [0.717, 1.165) is 30.0 Å². The number of halogens is 1. The first-order chi connectivity index (χ1) is 8.99. The lowest BCUT2D eigenvalue weighted by atomic mass is 10.2. The Hall–Kier alpha value is -0.830. The zero-order chi connectivity index (χ0) is 14.0. The number of aliphatic imine (C=N–C) groups is 1. The summed E-state index contributed by atoms with van der Waals surface area (Å²) in [6, 6.07) is 0. The molecule has 1 aliphatic rings. The summed E-state index contributed by atoms with van der Waals surface area (Å²) in [4.78, 5) is 6.58. The molecule has 0 amide bonds. The summed E-state index contributed by atoms with van der Waals surface area (Å²) in [5.74, 6) is 0.595. The monoisotopic (exact) mass is 393 g/mol. The Balaban J connectivity index is 0.00000200. The molecule has 1 aromatic heterocycles. The SMILES string of the molecule is Cc1nn(C)c(C)c1CN=C(N)N1CCOC(C)C1.I. The number of nitrogens with two attached hydrogens (primary N) is 1. The molecule has 0 aliphatic carbocycles. The van der Waals surface area contributed by atoms with Crippen molar-refractivity contribution in [2.45, 2.75) is 33.4 Å². The van der Waals surface area contributed by atoms with Crippen molar-refractivity contribution in [1.29, 1.82) is 0 Å². The summed E-state index contributed by atoms with van der Waals surface area (Å²) >= 11 is 0. The van der Waals surface area contributed by atoms with Crippen LogP contribution in [-0.4, -0.2) is 46.4 Å². The molecule has 0 spiro atoms. The topological polar surface area (TPSA) is 68.7 Å². The molecule has 2 N–H and O–H groups in total. The van der Waals surface area contributed by atoms with Gasteiger partial charge in [0.05, 0.1) is 24.9 Å². The third-order valence-corrected chi connectivity index (χ3v) is 3.62. The molecule has 1 unspecified atom stereocenters. The summed E-state index contributed by atoms with van der Waals surface area (Å²) in [5.41, 5.74) is 9.38. The van der Waals surface area contributed by atoms with E-state index in [1.54, 1.807) is 0 Å². The number of aryl methyl sites for hydroxylation is 2. The van der Waals surface area contributed by atoms with E-state index < -0.39 is 0 Å². The fourth-order valence-corrected chi connectivity index (χ4v) is 2.33. The first kappa shape index (κ1) is 17.2. The van der Waals surface area contributed by atoms with Gasteiger partial charge < -0.3 is 15.4 Å². The highest BCUT2D eigenvalue weighted by atomic mass is 127. The van der Waals surface area contributed by atoms with E-state index in [4.69, 9.17) is 10.5 Å². The Kier molecular flexibility index (Phi) is 6.25. The third kappa shape index (κ3) is 3.85. The van der Waals surface area contributed by atoms with Crippen molar-refractivity contribution < 1.29 is 4.74 Å². The minimum Gasteiger partial charge on any atom is -0.375 e. The van der Waals surface area contributed by atoms with E-state index in [1.165, 1.54) is 0 Å². The summed E-state index contributed by atoms with van der Waals surface area (Å²) in [6.45, 7) is 9.02. The molecule has 1 saturated heterocycles. The van der Waals surface area contributed by atoms with Crippen molar-refractivity contribution in [2.75, 3.05) is 19.7 Å². The summed E-state index contributed by atoms with van der Waals surface area (Å²) in [6.07, 6.45) is 0.212. The first-order valence-electron chi connectivity index (χ1n) is 6.64. The maximum atomic E-state index is 6.06. The van der Waals surface area contributed by atoms with Crippen LogP contribution in [0.15, 0.2) is 4.99 Å².